The highest BCUT2D eigenvalue weighted by Crippen LogP contribution is 2.14. The number of hydrogen-bond acceptors (Lipinski definition) is 4. The van der Waals surface area contributed by atoms with Crippen LogP contribution in [-0.2, 0) is 11.2 Å². The first-order valence-electron chi connectivity index (χ1n) is 8.08. The van der Waals surface area contributed by atoms with Crippen molar-refractivity contribution < 1.29 is 9.90 Å². The van der Waals surface area contributed by atoms with Gasteiger partial charge in [0, 0.05) is 32.3 Å². The van der Waals surface area contributed by atoms with E-state index in [9.17, 15) is 9.90 Å². The highest BCUT2D eigenvalue weighted by Gasteiger charge is 2.26. The fourth-order valence-corrected chi connectivity index (χ4v) is 3.17. The third-order valence-electron chi connectivity index (χ3n) is 4.28. The zero-order chi connectivity index (χ0) is 15.8. The van der Waals surface area contributed by atoms with Gasteiger partial charge < -0.3 is 10.8 Å². The number of carbonyl (C=O) groups excluding carboxylic acids is 1. The first kappa shape index (κ1) is 16.9. The first-order valence-corrected chi connectivity index (χ1v) is 8.08. The van der Waals surface area contributed by atoms with Gasteiger partial charge in [-0.25, -0.2) is 0 Å². The molecule has 1 saturated heterocycles. The fraction of sp³-hybridized carbons (Fsp3) is 0.588. The Morgan fingerprint density at radius 2 is 2.05 bits per heavy atom. The molecule has 1 heterocycles. The first-order chi connectivity index (χ1) is 10.7. The van der Waals surface area contributed by atoms with Crippen LogP contribution in [0.3, 0.4) is 0 Å². The zero-order valence-corrected chi connectivity index (χ0v) is 13.2. The highest BCUT2D eigenvalue weighted by molar-refractivity contribution is 5.75. The molecule has 1 aromatic carbocycles. The third kappa shape index (κ3) is 5.40. The van der Waals surface area contributed by atoms with Crippen molar-refractivity contribution in [3.05, 3.63) is 35.9 Å². The van der Waals surface area contributed by atoms with Gasteiger partial charge in [0.05, 0.1) is 6.54 Å². The molecule has 2 rings (SSSR count). The molecule has 1 amide bonds. The topological polar surface area (TPSA) is 69.8 Å². The molecule has 1 aliphatic rings. The maximum absolute atomic E-state index is 11.1. The van der Waals surface area contributed by atoms with Crippen molar-refractivity contribution in [2.75, 3.05) is 39.3 Å². The summed E-state index contributed by atoms with van der Waals surface area (Å²) in [4.78, 5) is 15.6. The Kier molecular flexibility index (Phi) is 6.83. The number of rotatable bonds is 8. The number of nitrogens with two attached hydrogens (primary N) is 1. The van der Waals surface area contributed by atoms with Gasteiger partial charge in [0.15, 0.2) is 0 Å². The Balaban J connectivity index is 1.80. The maximum atomic E-state index is 11.1. The van der Waals surface area contributed by atoms with E-state index in [1.165, 1.54) is 5.56 Å². The molecule has 1 atom stereocenters. The Morgan fingerprint density at radius 1 is 1.27 bits per heavy atom. The van der Waals surface area contributed by atoms with E-state index in [0.717, 1.165) is 45.4 Å². The van der Waals surface area contributed by atoms with Crippen LogP contribution in [0.25, 0.3) is 0 Å². The lowest BCUT2D eigenvalue weighted by Gasteiger charge is -2.41. The molecule has 1 unspecified atom stereocenters. The number of benzene rings is 1. The number of aliphatic hydroxyl groups excluding tert-OH is 1. The third-order valence-corrected chi connectivity index (χ3v) is 4.28. The van der Waals surface area contributed by atoms with Gasteiger partial charge in [-0.05, 0) is 31.4 Å². The number of carbonyl (C=O) groups is 1. The molecule has 0 saturated carbocycles. The van der Waals surface area contributed by atoms with E-state index in [0.29, 0.717) is 12.6 Å². The minimum Gasteiger partial charge on any atom is -0.396 e. The van der Waals surface area contributed by atoms with Crippen molar-refractivity contribution >= 4 is 5.91 Å². The van der Waals surface area contributed by atoms with Crippen LogP contribution in [0.15, 0.2) is 30.3 Å². The van der Waals surface area contributed by atoms with E-state index >= 15 is 0 Å². The van der Waals surface area contributed by atoms with Crippen LogP contribution in [0.1, 0.15) is 18.4 Å². The van der Waals surface area contributed by atoms with Crippen LogP contribution in [0.2, 0.25) is 0 Å². The van der Waals surface area contributed by atoms with Crippen molar-refractivity contribution in [3.8, 4) is 0 Å². The van der Waals surface area contributed by atoms with Crippen molar-refractivity contribution in [1.29, 1.82) is 0 Å². The summed E-state index contributed by atoms with van der Waals surface area (Å²) in [5.74, 6) is -0.278. The number of hydrogen-bond donors (Lipinski definition) is 2. The summed E-state index contributed by atoms with van der Waals surface area (Å²) in [6, 6.07) is 10.8. The predicted octanol–water partition coefficient (Wildman–Crippen LogP) is 0.473. The van der Waals surface area contributed by atoms with E-state index in [1.54, 1.807) is 0 Å². The standard InChI is InChI=1S/C17H27N3O2/c18-17(22)14-19-10-11-20(16(13-19)8-12-21)9-4-7-15-5-2-1-3-6-15/h1-3,5-6,16,21H,4,7-14H2,(H2,18,22). The van der Waals surface area contributed by atoms with E-state index in [2.05, 4.69) is 34.1 Å². The molecule has 5 nitrogen and oxygen atoms in total. The fourth-order valence-electron chi connectivity index (χ4n) is 3.17. The Bertz CT molecular complexity index is 452. The van der Waals surface area contributed by atoms with Crippen LogP contribution in [0.5, 0.6) is 0 Å². The van der Waals surface area contributed by atoms with Gasteiger partial charge in [-0.2, -0.15) is 0 Å². The molecule has 1 fully saturated rings. The lowest BCUT2D eigenvalue weighted by molar-refractivity contribution is -0.119. The minimum absolute atomic E-state index is 0.185. The summed E-state index contributed by atoms with van der Waals surface area (Å²) in [7, 11) is 0. The minimum atomic E-state index is -0.278. The second-order valence-corrected chi connectivity index (χ2v) is 5.99. The summed E-state index contributed by atoms with van der Waals surface area (Å²) in [5, 5.41) is 9.27. The van der Waals surface area contributed by atoms with Gasteiger partial charge in [0.1, 0.15) is 0 Å². The summed E-state index contributed by atoms with van der Waals surface area (Å²) < 4.78 is 0. The van der Waals surface area contributed by atoms with Crippen LogP contribution >= 0.6 is 0 Å². The number of aliphatic hydroxyl groups is 1. The van der Waals surface area contributed by atoms with E-state index < -0.39 is 0 Å². The van der Waals surface area contributed by atoms with Gasteiger partial charge in [-0.3, -0.25) is 14.6 Å². The molecule has 1 aliphatic heterocycles. The van der Waals surface area contributed by atoms with E-state index in [1.807, 2.05) is 6.07 Å². The number of piperazine rings is 1. The second-order valence-electron chi connectivity index (χ2n) is 5.99. The van der Waals surface area contributed by atoms with Crippen molar-refractivity contribution in [1.82, 2.24) is 9.80 Å². The van der Waals surface area contributed by atoms with E-state index in [4.69, 9.17) is 5.73 Å². The quantitative estimate of drug-likeness (QED) is 0.733. The van der Waals surface area contributed by atoms with Crippen LogP contribution in [-0.4, -0.2) is 66.2 Å². The van der Waals surface area contributed by atoms with Crippen LogP contribution < -0.4 is 5.73 Å². The van der Waals surface area contributed by atoms with Gasteiger partial charge >= 0.3 is 0 Å². The largest absolute Gasteiger partial charge is 0.396 e. The van der Waals surface area contributed by atoms with Gasteiger partial charge in [0.2, 0.25) is 5.91 Å². The number of amides is 1. The summed E-state index contributed by atoms with van der Waals surface area (Å²) in [6.45, 7) is 4.16. The monoisotopic (exact) mass is 305 g/mol. The molecular weight excluding hydrogens is 278 g/mol. The van der Waals surface area contributed by atoms with E-state index in [-0.39, 0.29) is 12.5 Å². The van der Waals surface area contributed by atoms with Crippen molar-refractivity contribution in [2.24, 2.45) is 5.73 Å². The molecular formula is C17H27N3O2. The lowest BCUT2D eigenvalue weighted by Crippen LogP contribution is -2.55. The average molecular weight is 305 g/mol. The Morgan fingerprint density at radius 3 is 2.73 bits per heavy atom. The Labute approximate surface area is 132 Å². The highest BCUT2D eigenvalue weighted by atomic mass is 16.3. The molecule has 1 aromatic rings. The maximum Gasteiger partial charge on any atom is 0.231 e. The molecule has 5 heteroatoms. The van der Waals surface area contributed by atoms with Crippen LogP contribution in [0, 0.1) is 0 Å². The predicted molar refractivity (Wildman–Crippen MR) is 87.5 cm³/mol. The second kappa shape index (κ2) is 8.88. The average Bonchev–Trinajstić information content (AvgIpc) is 2.50. The van der Waals surface area contributed by atoms with Gasteiger partial charge in [-0.15, -0.1) is 0 Å². The smallest absolute Gasteiger partial charge is 0.231 e. The molecule has 0 radical (unpaired) electrons. The zero-order valence-electron chi connectivity index (χ0n) is 13.2. The number of primary amides is 1. The summed E-state index contributed by atoms with van der Waals surface area (Å²) in [5.41, 5.74) is 6.65. The lowest BCUT2D eigenvalue weighted by atomic mass is 10.1. The van der Waals surface area contributed by atoms with Crippen molar-refractivity contribution in [3.63, 3.8) is 0 Å². The molecule has 0 aromatic heterocycles. The number of aryl methyl sites for hydroxylation is 1. The molecule has 0 aliphatic carbocycles. The molecule has 0 spiro atoms. The SMILES string of the molecule is NC(=O)CN1CCN(CCCc2ccccc2)C(CCO)C1. The van der Waals surface area contributed by atoms with Gasteiger partial charge in [0.25, 0.3) is 0 Å². The van der Waals surface area contributed by atoms with Crippen LogP contribution in [0.4, 0.5) is 0 Å². The van der Waals surface area contributed by atoms with Gasteiger partial charge in [-0.1, -0.05) is 30.3 Å². The summed E-state index contributed by atoms with van der Waals surface area (Å²) in [6.07, 6.45) is 2.94. The normalized spacial score (nSPS) is 20.1. The molecule has 22 heavy (non-hydrogen) atoms. The molecule has 3 N–H and O–H groups in total. The Hall–Kier alpha value is -1.43. The molecule has 122 valence electrons. The van der Waals surface area contributed by atoms with Crippen molar-refractivity contribution in [2.45, 2.75) is 25.3 Å². The summed E-state index contributed by atoms with van der Waals surface area (Å²) >= 11 is 0. The molecule has 0 bridgehead atoms. The number of nitrogens with zero attached hydrogens (tertiary/aromatic N) is 2.